The third kappa shape index (κ3) is 6.06. The number of sulfonamides is 1. The van der Waals surface area contributed by atoms with Gasteiger partial charge >= 0.3 is 0 Å². The second-order valence-corrected chi connectivity index (χ2v) is 8.29. The molecule has 0 fully saturated rings. The molecule has 1 atom stereocenters. The number of nitrogens with one attached hydrogen (secondary N) is 2. The van der Waals surface area contributed by atoms with E-state index in [-0.39, 0.29) is 23.4 Å². The van der Waals surface area contributed by atoms with Gasteiger partial charge in [0.2, 0.25) is 10.0 Å². The van der Waals surface area contributed by atoms with Gasteiger partial charge in [-0.15, -0.1) is 6.42 Å². The standard InChI is InChI=1S/C21H25N3O4S/c1-5-13-23-29(26,27)19-11-9-16(10-12-19)21(25)22-15-20(24(2)3)17-7-6-8-18(14-17)28-4/h1,6-12,14,20,23H,13,15H2,2-4H3,(H,22,25). The molecule has 2 rings (SSSR count). The summed E-state index contributed by atoms with van der Waals surface area (Å²) in [7, 11) is 1.78. The molecule has 2 aromatic carbocycles. The van der Waals surface area contributed by atoms with Gasteiger partial charge in [-0.25, -0.2) is 8.42 Å². The SMILES string of the molecule is C#CCNS(=O)(=O)c1ccc(C(=O)NCC(c2cccc(OC)c2)N(C)C)cc1. The molecular weight excluding hydrogens is 390 g/mol. The fourth-order valence-electron chi connectivity index (χ4n) is 2.74. The summed E-state index contributed by atoms with van der Waals surface area (Å²) in [6, 6.07) is 13.3. The molecular formula is C21H25N3O4S. The lowest BCUT2D eigenvalue weighted by Crippen LogP contribution is -2.34. The summed E-state index contributed by atoms with van der Waals surface area (Å²) in [5, 5.41) is 2.90. The van der Waals surface area contributed by atoms with Crippen molar-refractivity contribution in [2.75, 3.05) is 34.3 Å². The number of methoxy groups -OCH3 is 1. The summed E-state index contributed by atoms with van der Waals surface area (Å²) in [6.45, 7) is 0.281. The van der Waals surface area contributed by atoms with Gasteiger partial charge < -0.3 is 15.0 Å². The lowest BCUT2D eigenvalue weighted by molar-refractivity contribution is 0.0942. The van der Waals surface area contributed by atoms with Gasteiger partial charge in [-0.2, -0.15) is 4.72 Å². The van der Waals surface area contributed by atoms with Crippen LogP contribution in [-0.4, -0.2) is 53.5 Å². The molecule has 154 valence electrons. The van der Waals surface area contributed by atoms with Gasteiger partial charge in [0, 0.05) is 12.1 Å². The van der Waals surface area contributed by atoms with E-state index in [1.807, 2.05) is 43.3 Å². The van der Waals surface area contributed by atoms with Gasteiger partial charge in [0.15, 0.2) is 0 Å². The normalized spacial score (nSPS) is 12.2. The lowest BCUT2D eigenvalue weighted by Gasteiger charge is -2.25. The summed E-state index contributed by atoms with van der Waals surface area (Å²) < 4.78 is 31.6. The summed E-state index contributed by atoms with van der Waals surface area (Å²) in [5.74, 6) is 2.67. The molecule has 0 bridgehead atoms. The van der Waals surface area contributed by atoms with Crippen molar-refractivity contribution in [1.29, 1.82) is 0 Å². The first kappa shape index (κ1) is 22.4. The van der Waals surface area contributed by atoms with E-state index in [0.29, 0.717) is 12.1 Å². The van der Waals surface area contributed by atoms with Crippen molar-refractivity contribution in [3.05, 3.63) is 59.7 Å². The number of amides is 1. The van der Waals surface area contributed by atoms with E-state index < -0.39 is 10.0 Å². The Morgan fingerprint density at radius 1 is 1.21 bits per heavy atom. The number of hydrogen-bond acceptors (Lipinski definition) is 5. The molecule has 29 heavy (non-hydrogen) atoms. The monoisotopic (exact) mass is 415 g/mol. The van der Waals surface area contributed by atoms with Gasteiger partial charge in [0.1, 0.15) is 5.75 Å². The maximum atomic E-state index is 12.5. The molecule has 0 saturated heterocycles. The average molecular weight is 416 g/mol. The van der Waals surface area contributed by atoms with Gasteiger partial charge in [-0.1, -0.05) is 18.1 Å². The van der Waals surface area contributed by atoms with Crippen LogP contribution in [0.4, 0.5) is 0 Å². The van der Waals surface area contributed by atoms with E-state index in [0.717, 1.165) is 11.3 Å². The van der Waals surface area contributed by atoms with Crippen molar-refractivity contribution < 1.29 is 17.9 Å². The van der Waals surface area contributed by atoms with Crippen LogP contribution in [0.2, 0.25) is 0 Å². The molecule has 0 aliphatic heterocycles. The zero-order valence-corrected chi connectivity index (χ0v) is 17.5. The van der Waals surface area contributed by atoms with E-state index >= 15 is 0 Å². The second kappa shape index (κ2) is 10.1. The van der Waals surface area contributed by atoms with E-state index in [1.165, 1.54) is 24.3 Å². The van der Waals surface area contributed by atoms with Crippen LogP contribution in [0.5, 0.6) is 5.75 Å². The number of carbonyl (C=O) groups is 1. The van der Waals surface area contributed by atoms with Crippen molar-refractivity contribution >= 4 is 15.9 Å². The molecule has 0 heterocycles. The van der Waals surface area contributed by atoms with Crippen molar-refractivity contribution in [1.82, 2.24) is 14.9 Å². The quantitative estimate of drug-likeness (QED) is 0.608. The minimum atomic E-state index is -3.69. The minimum Gasteiger partial charge on any atom is -0.497 e. The van der Waals surface area contributed by atoms with Crippen molar-refractivity contribution in [3.63, 3.8) is 0 Å². The molecule has 0 radical (unpaired) electrons. The van der Waals surface area contributed by atoms with Crippen LogP contribution in [-0.2, 0) is 10.0 Å². The first-order valence-electron chi connectivity index (χ1n) is 8.90. The Hall–Kier alpha value is -2.86. The number of hydrogen-bond donors (Lipinski definition) is 2. The van der Waals surface area contributed by atoms with Crippen LogP contribution >= 0.6 is 0 Å². The van der Waals surface area contributed by atoms with Gasteiger partial charge in [0.05, 0.1) is 24.6 Å². The van der Waals surface area contributed by atoms with E-state index in [1.54, 1.807) is 7.11 Å². The number of nitrogens with zero attached hydrogens (tertiary/aromatic N) is 1. The first-order valence-corrected chi connectivity index (χ1v) is 10.4. The highest BCUT2D eigenvalue weighted by atomic mass is 32.2. The number of likely N-dealkylation sites (N-methyl/N-ethyl adjacent to an activating group) is 1. The molecule has 8 heteroatoms. The van der Waals surface area contributed by atoms with E-state index in [4.69, 9.17) is 11.2 Å². The van der Waals surface area contributed by atoms with Gasteiger partial charge in [-0.3, -0.25) is 4.79 Å². The Morgan fingerprint density at radius 2 is 1.90 bits per heavy atom. The maximum absolute atomic E-state index is 12.5. The predicted molar refractivity (Wildman–Crippen MR) is 112 cm³/mol. The zero-order valence-electron chi connectivity index (χ0n) is 16.7. The topological polar surface area (TPSA) is 87.7 Å². The number of ether oxygens (including phenoxy) is 1. The molecule has 2 aromatic rings. The van der Waals surface area contributed by atoms with Crippen LogP contribution in [0.1, 0.15) is 22.0 Å². The molecule has 2 N–H and O–H groups in total. The molecule has 0 aliphatic carbocycles. The van der Waals surface area contributed by atoms with Crippen molar-refractivity contribution in [2.24, 2.45) is 0 Å². The lowest BCUT2D eigenvalue weighted by atomic mass is 10.1. The highest BCUT2D eigenvalue weighted by molar-refractivity contribution is 7.89. The van der Waals surface area contributed by atoms with Crippen LogP contribution < -0.4 is 14.8 Å². The number of carbonyl (C=O) groups excluding carboxylic acids is 1. The summed E-state index contributed by atoms with van der Waals surface area (Å²) in [6.07, 6.45) is 5.07. The second-order valence-electron chi connectivity index (χ2n) is 6.52. The van der Waals surface area contributed by atoms with Crippen LogP contribution in [0.25, 0.3) is 0 Å². The Kier molecular flexibility index (Phi) is 7.79. The van der Waals surface area contributed by atoms with Gasteiger partial charge in [0.25, 0.3) is 5.91 Å². The molecule has 0 aliphatic rings. The maximum Gasteiger partial charge on any atom is 0.251 e. The highest BCUT2D eigenvalue weighted by Crippen LogP contribution is 2.22. The number of benzene rings is 2. The molecule has 7 nitrogen and oxygen atoms in total. The molecule has 1 amide bonds. The van der Waals surface area contributed by atoms with Crippen LogP contribution in [0, 0.1) is 12.3 Å². The highest BCUT2D eigenvalue weighted by Gasteiger charge is 2.18. The first-order chi connectivity index (χ1) is 13.8. The summed E-state index contributed by atoms with van der Waals surface area (Å²) in [5.41, 5.74) is 1.37. The summed E-state index contributed by atoms with van der Waals surface area (Å²) >= 11 is 0. The number of terminal acetylenes is 1. The molecule has 0 aromatic heterocycles. The molecule has 0 saturated carbocycles. The molecule has 1 unspecified atom stereocenters. The van der Waals surface area contributed by atoms with E-state index in [2.05, 4.69) is 16.0 Å². The van der Waals surface area contributed by atoms with E-state index in [9.17, 15) is 13.2 Å². The fourth-order valence-corrected chi connectivity index (χ4v) is 3.68. The van der Waals surface area contributed by atoms with Crippen LogP contribution in [0.15, 0.2) is 53.4 Å². The average Bonchev–Trinajstić information content (AvgIpc) is 2.72. The number of rotatable bonds is 9. The Labute approximate surface area is 172 Å². The van der Waals surface area contributed by atoms with Crippen LogP contribution in [0.3, 0.4) is 0 Å². The Morgan fingerprint density at radius 3 is 2.48 bits per heavy atom. The minimum absolute atomic E-state index is 0.0480. The third-order valence-electron chi connectivity index (χ3n) is 4.35. The summed E-state index contributed by atoms with van der Waals surface area (Å²) in [4.78, 5) is 14.6. The van der Waals surface area contributed by atoms with Crippen molar-refractivity contribution in [3.8, 4) is 18.1 Å². The Bertz CT molecular complexity index is 980. The van der Waals surface area contributed by atoms with Crippen molar-refractivity contribution in [2.45, 2.75) is 10.9 Å². The molecule has 0 spiro atoms. The predicted octanol–water partition coefficient (Wildman–Crippen LogP) is 1.64. The fraction of sp³-hybridized carbons (Fsp3) is 0.286. The zero-order chi connectivity index (χ0) is 21.4. The Balaban J connectivity index is 2.08. The van der Waals surface area contributed by atoms with Gasteiger partial charge in [-0.05, 0) is 56.1 Å². The third-order valence-corrected chi connectivity index (χ3v) is 5.77. The smallest absolute Gasteiger partial charge is 0.251 e. The largest absolute Gasteiger partial charge is 0.497 e.